The van der Waals surface area contributed by atoms with Crippen LogP contribution in [0.4, 0.5) is 26.4 Å². The number of ether oxygens (including phenoxy) is 1. The molecule has 3 heterocycles. The molecule has 2 atom stereocenters. The molecule has 0 bridgehead atoms. The molecule has 3 N–H and O–H groups in total. The second-order valence-corrected chi connectivity index (χ2v) is 15.5. The molecule has 0 radical (unpaired) electrons. The second-order valence-electron chi connectivity index (χ2n) is 13.7. The summed E-state index contributed by atoms with van der Waals surface area (Å²) >= 11 is 6.83. The van der Waals surface area contributed by atoms with Crippen LogP contribution in [-0.4, -0.2) is 71.0 Å². The first-order valence-corrected chi connectivity index (χ1v) is 17.5. The summed E-state index contributed by atoms with van der Waals surface area (Å²) < 4.78 is 55.3. The molecule has 1 amide bonds. The van der Waals surface area contributed by atoms with Crippen LogP contribution in [0.1, 0.15) is 76.6 Å². The maximum atomic E-state index is 15.3. The Morgan fingerprint density at radius 1 is 1.17 bits per heavy atom. The summed E-state index contributed by atoms with van der Waals surface area (Å²) in [4.78, 5) is 21.3. The summed E-state index contributed by atoms with van der Waals surface area (Å²) in [6, 6.07) is 8.45. The summed E-state index contributed by atoms with van der Waals surface area (Å²) in [7, 11) is -4.53. The van der Waals surface area contributed by atoms with E-state index in [0.717, 1.165) is 4.31 Å². The monoisotopic (exact) mass is 700 g/mol. The number of hydrogen-bond donors (Lipinski definition) is 2. The molecular weight excluding hydrogens is 659 g/mol. The van der Waals surface area contributed by atoms with Crippen molar-refractivity contribution in [3.05, 3.63) is 69.5 Å². The number of nitrogens with zero attached hydrogens (tertiary/aromatic N) is 5. The van der Waals surface area contributed by atoms with Crippen molar-refractivity contribution < 1.29 is 27.4 Å². The van der Waals surface area contributed by atoms with Crippen LogP contribution < -0.4 is 10.0 Å². The Hall–Kier alpha value is -3.94. The standard InChI is InChI=1S/C34H42ClFN6O5S/c1-18(2)23-13-22(17-43)12-19(3)30(23)42-31-24(14-25(35)29(38-31)28-26(36)10-9-11-27(28)37)32(39-48(42,45)46)40-15-21(5)41(16-20(40)4)33(44)47-34(6,7)8/h9-14,18,20-21,43H,15-17,37H2,1-8H3/t20-,21+/m0/s1. The van der Waals surface area contributed by atoms with Crippen LogP contribution in [-0.2, 0) is 21.6 Å². The highest BCUT2D eigenvalue weighted by molar-refractivity contribution is 7.92. The van der Waals surface area contributed by atoms with Crippen molar-refractivity contribution in [2.24, 2.45) is 4.40 Å². The average Bonchev–Trinajstić information content (AvgIpc) is 2.97. The van der Waals surface area contributed by atoms with E-state index in [1.165, 1.54) is 24.3 Å². The quantitative estimate of drug-likeness (QED) is 0.293. The number of rotatable bonds is 4. The Kier molecular flexibility index (Phi) is 9.45. The number of fused-ring (bicyclic) bond motifs is 1. The zero-order valence-electron chi connectivity index (χ0n) is 28.4. The van der Waals surface area contributed by atoms with Gasteiger partial charge in [-0.2, -0.15) is 8.42 Å². The van der Waals surface area contributed by atoms with E-state index in [-0.39, 0.29) is 71.3 Å². The normalized spacial score (nSPS) is 19.3. The fourth-order valence-corrected chi connectivity index (χ4v) is 7.78. The number of halogens is 2. The van der Waals surface area contributed by atoms with Gasteiger partial charge in [-0.25, -0.2) is 18.5 Å². The average molecular weight is 701 g/mol. The fraction of sp³-hybridized carbons (Fsp3) is 0.441. The Morgan fingerprint density at radius 2 is 1.85 bits per heavy atom. The van der Waals surface area contributed by atoms with Crippen molar-refractivity contribution in [2.45, 2.75) is 85.6 Å². The van der Waals surface area contributed by atoms with Gasteiger partial charge in [0.2, 0.25) is 0 Å². The van der Waals surface area contributed by atoms with Crippen LogP contribution in [0.15, 0.2) is 40.8 Å². The number of aryl methyl sites for hydroxylation is 1. The van der Waals surface area contributed by atoms with Gasteiger partial charge in [-0.15, -0.1) is 4.40 Å². The molecule has 1 saturated heterocycles. The van der Waals surface area contributed by atoms with E-state index in [1.54, 1.807) is 44.7 Å². The van der Waals surface area contributed by atoms with Crippen molar-refractivity contribution in [2.75, 3.05) is 23.1 Å². The van der Waals surface area contributed by atoms with E-state index < -0.39 is 27.7 Å². The number of pyridine rings is 1. The molecule has 5 rings (SSSR count). The zero-order valence-corrected chi connectivity index (χ0v) is 29.9. The van der Waals surface area contributed by atoms with Gasteiger partial charge in [0.1, 0.15) is 11.4 Å². The number of anilines is 3. The molecule has 2 aliphatic rings. The van der Waals surface area contributed by atoms with E-state index in [0.29, 0.717) is 27.9 Å². The van der Waals surface area contributed by atoms with Crippen molar-refractivity contribution in [3.8, 4) is 11.3 Å². The first-order valence-electron chi connectivity index (χ1n) is 15.8. The van der Waals surface area contributed by atoms with Gasteiger partial charge >= 0.3 is 16.3 Å². The third kappa shape index (κ3) is 6.55. The van der Waals surface area contributed by atoms with Crippen LogP contribution in [0.25, 0.3) is 11.3 Å². The maximum Gasteiger partial charge on any atom is 0.410 e. The number of aromatic nitrogens is 1. The Balaban J connectivity index is 1.74. The number of aliphatic hydroxyl groups excluding tert-OH is 1. The molecular formula is C34H42ClFN6O5S. The summed E-state index contributed by atoms with van der Waals surface area (Å²) in [6.45, 7) is 14.9. The van der Waals surface area contributed by atoms with Gasteiger partial charge in [0, 0.05) is 30.9 Å². The number of carbonyl (C=O) groups is 1. The highest BCUT2D eigenvalue weighted by atomic mass is 35.5. The molecule has 2 aromatic carbocycles. The summed E-state index contributed by atoms with van der Waals surface area (Å²) in [5.41, 5.74) is 7.96. The van der Waals surface area contributed by atoms with Gasteiger partial charge < -0.3 is 25.4 Å². The number of piperazine rings is 1. The first-order chi connectivity index (χ1) is 22.3. The Morgan fingerprint density at radius 3 is 2.46 bits per heavy atom. The van der Waals surface area contributed by atoms with Gasteiger partial charge in [-0.05, 0) is 82.3 Å². The van der Waals surface area contributed by atoms with Crippen LogP contribution in [0, 0.1) is 12.7 Å². The Labute approximate surface area is 286 Å². The predicted octanol–water partition coefficient (Wildman–Crippen LogP) is 6.52. The van der Waals surface area contributed by atoms with Crippen LogP contribution in [0.3, 0.4) is 0 Å². The fourth-order valence-electron chi connectivity index (χ4n) is 6.19. The molecule has 3 aromatic rings. The smallest absolute Gasteiger partial charge is 0.410 e. The number of carbonyl (C=O) groups excluding carboxylic acids is 1. The molecule has 0 spiro atoms. The molecule has 48 heavy (non-hydrogen) atoms. The van der Waals surface area contributed by atoms with Crippen LogP contribution >= 0.6 is 11.6 Å². The number of aliphatic hydroxyl groups is 1. The summed E-state index contributed by atoms with van der Waals surface area (Å²) in [5.74, 6) is -0.763. The molecule has 2 aliphatic heterocycles. The van der Waals surface area contributed by atoms with E-state index in [2.05, 4.69) is 4.40 Å². The molecule has 0 unspecified atom stereocenters. The van der Waals surface area contributed by atoms with Crippen molar-refractivity contribution >= 4 is 50.9 Å². The lowest BCUT2D eigenvalue weighted by molar-refractivity contribution is 0.000507. The predicted molar refractivity (Wildman–Crippen MR) is 186 cm³/mol. The number of amidine groups is 1. The van der Waals surface area contributed by atoms with Crippen molar-refractivity contribution in [3.63, 3.8) is 0 Å². The largest absolute Gasteiger partial charge is 0.444 e. The lowest BCUT2D eigenvalue weighted by Crippen LogP contribution is -2.60. The van der Waals surface area contributed by atoms with Crippen LogP contribution in [0.5, 0.6) is 0 Å². The number of amides is 1. The number of nitrogen functional groups attached to an aromatic ring is 1. The molecule has 0 aliphatic carbocycles. The minimum atomic E-state index is -4.53. The summed E-state index contributed by atoms with van der Waals surface area (Å²) in [5, 5.41) is 9.99. The summed E-state index contributed by atoms with van der Waals surface area (Å²) in [6.07, 6.45) is -0.467. The van der Waals surface area contributed by atoms with Crippen molar-refractivity contribution in [1.29, 1.82) is 0 Å². The topological polar surface area (TPSA) is 142 Å². The lowest BCUT2D eigenvalue weighted by atomic mass is 9.95. The van der Waals surface area contributed by atoms with E-state index in [4.69, 9.17) is 27.1 Å². The molecule has 0 saturated carbocycles. The minimum absolute atomic E-state index is 0.0284. The van der Waals surface area contributed by atoms with E-state index in [1.807, 2.05) is 32.6 Å². The van der Waals surface area contributed by atoms with Crippen LogP contribution in [0.2, 0.25) is 5.02 Å². The molecule has 11 nitrogen and oxygen atoms in total. The van der Waals surface area contributed by atoms with Gasteiger partial charge in [0.15, 0.2) is 11.7 Å². The first kappa shape index (κ1) is 35.4. The minimum Gasteiger partial charge on any atom is -0.444 e. The van der Waals surface area contributed by atoms with Gasteiger partial charge in [0.25, 0.3) is 0 Å². The third-order valence-corrected chi connectivity index (χ3v) is 9.90. The lowest BCUT2D eigenvalue weighted by Gasteiger charge is -2.46. The van der Waals surface area contributed by atoms with E-state index >= 15 is 4.39 Å². The third-order valence-electron chi connectivity index (χ3n) is 8.39. The number of benzene rings is 2. The van der Waals surface area contributed by atoms with E-state index in [9.17, 15) is 18.3 Å². The zero-order chi connectivity index (χ0) is 35.5. The van der Waals surface area contributed by atoms with Gasteiger partial charge in [-0.1, -0.05) is 43.6 Å². The van der Waals surface area contributed by atoms with Crippen molar-refractivity contribution in [1.82, 2.24) is 14.8 Å². The van der Waals surface area contributed by atoms with Gasteiger partial charge in [-0.3, -0.25) is 0 Å². The van der Waals surface area contributed by atoms with Gasteiger partial charge in [0.05, 0.1) is 34.1 Å². The molecule has 14 heteroatoms. The second kappa shape index (κ2) is 12.8. The number of hydrogen-bond acceptors (Lipinski definition) is 8. The molecule has 258 valence electrons. The highest BCUT2D eigenvalue weighted by Gasteiger charge is 2.43. The Bertz CT molecular complexity index is 1890. The SMILES string of the molecule is Cc1cc(CO)cc(C(C)C)c1N1c2nc(-c3c(N)cccc3F)c(Cl)cc2C(N2C[C@@H](C)N(C(=O)OC(C)(C)C)C[C@@H]2C)=NS1(=O)=O. The maximum absolute atomic E-state index is 15.3. The highest BCUT2D eigenvalue weighted by Crippen LogP contribution is 2.45. The number of nitrogens with two attached hydrogens (primary N) is 1. The molecule has 1 aromatic heterocycles. The molecule has 1 fully saturated rings.